The molecule has 1 atom stereocenters. The Bertz CT molecular complexity index is 212. The van der Waals surface area contributed by atoms with E-state index in [2.05, 4.69) is 0 Å². The van der Waals surface area contributed by atoms with Gasteiger partial charge in [-0.3, -0.25) is 4.79 Å². The first-order chi connectivity index (χ1) is 6.26. The summed E-state index contributed by atoms with van der Waals surface area (Å²) in [7, 11) is 1.49. The van der Waals surface area contributed by atoms with Crippen LogP contribution in [0.1, 0.15) is 19.3 Å². The average molecular weight is 218 g/mol. The van der Waals surface area contributed by atoms with Gasteiger partial charge in [0.05, 0.1) is 17.1 Å². The van der Waals surface area contributed by atoms with E-state index in [1.807, 2.05) is 23.5 Å². The van der Waals surface area contributed by atoms with Crippen LogP contribution in [0.25, 0.3) is 0 Å². The van der Waals surface area contributed by atoms with E-state index in [-0.39, 0.29) is 11.9 Å². The average Bonchev–Trinajstić information content (AvgIpc) is 2.76. The highest BCUT2D eigenvalue weighted by Gasteiger charge is 2.45. The van der Waals surface area contributed by atoms with Crippen LogP contribution in [0.5, 0.6) is 0 Å². The number of hydrogen-bond acceptors (Lipinski definition) is 4. The van der Waals surface area contributed by atoms with Crippen molar-refractivity contribution in [2.45, 2.75) is 23.3 Å². The monoisotopic (exact) mass is 218 g/mol. The van der Waals surface area contributed by atoms with Crippen molar-refractivity contribution in [3.63, 3.8) is 0 Å². The quantitative estimate of drug-likeness (QED) is 0.630. The maximum absolute atomic E-state index is 11.3. The summed E-state index contributed by atoms with van der Waals surface area (Å²) in [6, 6.07) is 0. The van der Waals surface area contributed by atoms with Gasteiger partial charge < -0.3 is 4.74 Å². The summed E-state index contributed by atoms with van der Waals surface area (Å²) in [4.78, 5) is 11.3. The molecule has 0 radical (unpaired) electrons. The lowest BCUT2D eigenvalue weighted by atomic mass is 10.1. The van der Waals surface area contributed by atoms with E-state index >= 15 is 0 Å². The summed E-state index contributed by atoms with van der Waals surface area (Å²) in [5.41, 5.74) is 0. The molecule has 0 N–H and O–H groups in total. The molecule has 1 saturated heterocycles. The summed E-state index contributed by atoms with van der Waals surface area (Å²) in [6.45, 7) is 0. The Morgan fingerprint density at radius 1 is 1.46 bits per heavy atom. The van der Waals surface area contributed by atoms with Crippen LogP contribution < -0.4 is 0 Å². The molecule has 0 bridgehead atoms. The van der Waals surface area contributed by atoms with Crippen molar-refractivity contribution in [1.29, 1.82) is 0 Å². The number of carbonyl (C=O) groups excluding carboxylic acids is 1. The van der Waals surface area contributed by atoms with Crippen molar-refractivity contribution in [3.05, 3.63) is 0 Å². The van der Waals surface area contributed by atoms with Crippen molar-refractivity contribution in [2.75, 3.05) is 18.6 Å². The van der Waals surface area contributed by atoms with Crippen LogP contribution in [-0.4, -0.2) is 28.7 Å². The third-order valence-electron chi connectivity index (χ3n) is 2.78. The van der Waals surface area contributed by atoms with Crippen LogP contribution in [-0.2, 0) is 9.53 Å². The maximum atomic E-state index is 11.3. The third-order valence-corrected chi connectivity index (χ3v) is 6.35. The molecule has 0 aromatic carbocycles. The van der Waals surface area contributed by atoms with E-state index in [4.69, 9.17) is 4.74 Å². The van der Waals surface area contributed by atoms with E-state index < -0.39 is 0 Å². The highest BCUT2D eigenvalue weighted by atomic mass is 32.2. The minimum atomic E-state index is -0.00928. The Hall–Kier alpha value is 0.170. The van der Waals surface area contributed by atoms with Gasteiger partial charge in [0.25, 0.3) is 0 Å². The van der Waals surface area contributed by atoms with Gasteiger partial charge in [0.15, 0.2) is 0 Å². The molecule has 1 spiro atoms. The minimum Gasteiger partial charge on any atom is -0.469 e. The molecule has 0 amide bonds. The van der Waals surface area contributed by atoms with Crippen molar-refractivity contribution < 1.29 is 9.53 Å². The van der Waals surface area contributed by atoms with Crippen LogP contribution >= 0.6 is 23.5 Å². The second kappa shape index (κ2) is 3.73. The fraction of sp³-hybridized carbons (Fsp3) is 0.889. The molecule has 1 aliphatic heterocycles. The van der Waals surface area contributed by atoms with Gasteiger partial charge in [0, 0.05) is 11.5 Å². The summed E-state index contributed by atoms with van der Waals surface area (Å²) >= 11 is 4.08. The molecule has 2 fully saturated rings. The number of thioether (sulfide) groups is 2. The number of esters is 1. The Morgan fingerprint density at radius 2 is 2.15 bits per heavy atom. The zero-order chi connectivity index (χ0) is 9.31. The molecule has 2 aliphatic rings. The van der Waals surface area contributed by atoms with E-state index in [0.717, 1.165) is 12.8 Å². The van der Waals surface area contributed by atoms with E-state index in [9.17, 15) is 4.79 Å². The predicted octanol–water partition coefficient (Wildman–Crippen LogP) is 2.14. The smallest absolute Gasteiger partial charge is 0.308 e. The van der Waals surface area contributed by atoms with Gasteiger partial charge in [0.2, 0.25) is 0 Å². The van der Waals surface area contributed by atoms with E-state index in [1.54, 1.807) is 0 Å². The summed E-state index contributed by atoms with van der Waals surface area (Å²) in [5, 5.41) is 0. The van der Waals surface area contributed by atoms with E-state index in [0.29, 0.717) is 4.08 Å². The second-order valence-electron chi connectivity index (χ2n) is 3.57. The zero-order valence-corrected chi connectivity index (χ0v) is 9.38. The van der Waals surface area contributed by atoms with Crippen LogP contribution in [0.4, 0.5) is 0 Å². The molecule has 74 valence electrons. The van der Waals surface area contributed by atoms with Crippen molar-refractivity contribution >= 4 is 29.5 Å². The molecular formula is C9H14O2S2. The number of methoxy groups -OCH3 is 1. The first-order valence-corrected chi connectivity index (χ1v) is 6.59. The van der Waals surface area contributed by atoms with Crippen LogP contribution in [0.15, 0.2) is 0 Å². The minimum absolute atomic E-state index is 0.00928. The summed E-state index contributed by atoms with van der Waals surface area (Å²) in [5.74, 6) is 2.66. The van der Waals surface area contributed by atoms with Gasteiger partial charge in [-0.1, -0.05) is 0 Å². The molecule has 2 rings (SSSR count). The first kappa shape index (κ1) is 9.71. The molecule has 0 unspecified atom stereocenters. The van der Waals surface area contributed by atoms with Crippen molar-refractivity contribution in [1.82, 2.24) is 0 Å². The van der Waals surface area contributed by atoms with Crippen molar-refractivity contribution in [2.24, 2.45) is 5.92 Å². The molecule has 1 heterocycles. The van der Waals surface area contributed by atoms with Gasteiger partial charge in [-0.25, -0.2) is 0 Å². The number of ether oxygens (including phenoxy) is 1. The topological polar surface area (TPSA) is 26.3 Å². The van der Waals surface area contributed by atoms with Gasteiger partial charge >= 0.3 is 5.97 Å². The standard InChI is InChI=1S/C9H14O2S2/c1-11-8(10)7-2-3-9(6-7)12-4-5-13-9/h7H,2-6H2,1H3/t7-/m0/s1. The van der Waals surface area contributed by atoms with Crippen LogP contribution in [0.2, 0.25) is 0 Å². The van der Waals surface area contributed by atoms with E-state index in [1.165, 1.54) is 25.0 Å². The van der Waals surface area contributed by atoms with Gasteiger partial charge in [-0.2, -0.15) is 0 Å². The van der Waals surface area contributed by atoms with Gasteiger partial charge in [-0.05, 0) is 19.3 Å². The molecule has 1 aliphatic carbocycles. The maximum Gasteiger partial charge on any atom is 0.308 e. The summed E-state index contributed by atoms with van der Waals surface area (Å²) in [6.07, 6.45) is 3.23. The zero-order valence-electron chi connectivity index (χ0n) is 7.75. The summed E-state index contributed by atoms with van der Waals surface area (Å²) < 4.78 is 5.15. The Morgan fingerprint density at radius 3 is 2.77 bits per heavy atom. The van der Waals surface area contributed by atoms with Crippen LogP contribution in [0.3, 0.4) is 0 Å². The highest BCUT2D eigenvalue weighted by molar-refractivity contribution is 8.21. The third kappa shape index (κ3) is 1.84. The number of rotatable bonds is 1. The van der Waals surface area contributed by atoms with Gasteiger partial charge in [-0.15, -0.1) is 23.5 Å². The molecular weight excluding hydrogens is 204 g/mol. The fourth-order valence-electron chi connectivity index (χ4n) is 2.10. The molecule has 0 aromatic rings. The largest absolute Gasteiger partial charge is 0.469 e. The molecule has 0 aromatic heterocycles. The lowest BCUT2D eigenvalue weighted by Crippen LogP contribution is -2.17. The van der Waals surface area contributed by atoms with Crippen molar-refractivity contribution in [3.8, 4) is 0 Å². The molecule has 1 saturated carbocycles. The number of hydrogen-bond donors (Lipinski definition) is 0. The lowest BCUT2D eigenvalue weighted by molar-refractivity contribution is -0.145. The highest BCUT2D eigenvalue weighted by Crippen LogP contribution is 2.56. The van der Waals surface area contributed by atoms with Gasteiger partial charge in [0.1, 0.15) is 0 Å². The molecule has 4 heteroatoms. The Kier molecular flexibility index (Phi) is 2.79. The number of carbonyl (C=O) groups is 1. The van der Waals surface area contributed by atoms with Crippen LogP contribution in [0, 0.1) is 5.92 Å². The predicted molar refractivity (Wildman–Crippen MR) is 57.0 cm³/mol. The Balaban J connectivity index is 1.96. The second-order valence-corrected chi connectivity index (χ2v) is 6.79. The fourth-order valence-corrected chi connectivity index (χ4v) is 5.51. The lowest BCUT2D eigenvalue weighted by Gasteiger charge is -2.20. The first-order valence-electron chi connectivity index (χ1n) is 4.61. The molecule has 13 heavy (non-hydrogen) atoms. The normalized spacial score (nSPS) is 31.0. The SMILES string of the molecule is COC(=O)[C@H]1CCC2(C1)SCCS2. The Labute approximate surface area is 87.2 Å². The molecule has 2 nitrogen and oxygen atoms in total.